The normalized spacial score (nSPS) is 17.6. The Labute approximate surface area is 237 Å². The van der Waals surface area contributed by atoms with E-state index in [9.17, 15) is 9.59 Å². The molecular formula is C32H39N5O3. The van der Waals surface area contributed by atoms with Gasteiger partial charge in [-0.05, 0) is 50.0 Å². The summed E-state index contributed by atoms with van der Waals surface area (Å²) in [5.41, 5.74) is 4.42. The number of hydrogen-bond acceptors (Lipinski definition) is 5. The molecule has 0 aliphatic carbocycles. The van der Waals surface area contributed by atoms with Crippen LogP contribution in [0.15, 0.2) is 90.2 Å². The molecule has 2 aromatic carbocycles. The molecule has 1 saturated heterocycles. The van der Waals surface area contributed by atoms with Crippen LogP contribution in [0.4, 0.5) is 15.3 Å². The molecule has 1 N–H and O–H groups in total. The molecule has 8 heteroatoms. The number of ether oxygens (including phenoxy) is 1. The highest BCUT2D eigenvalue weighted by Crippen LogP contribution is 2.37. The highest BCUT2D eigenvalue weighted by atomic mass is 16.6. The SMILES string of the molecule is CC(C)c1ccccc1N1C(=O)NC(N2CCN(C(=O)OC(C)(C)C)CC2)=C2C=CN(Cc3ccccc3)C=C21. The molecule has 0 aromatic heterocycles. The molecule has 3 heterocycles. The zero-order chi connectivity index (χ0) is 28.4. The molecule has 5 rings (SSSR count). The molecule has 0 radical (unpaired) electrons. The van der Waals surface area contributed by atoms with E-state index >= 15 is 0 Å². The van der Waals surface area contributed by atoms with Gasteiger partial charge in [-0.3, -0.25) is 10.2 Å². The number of piperazine rings is 1. The van der Waals surface area contributed by atoms with Gasteiger partial charge in [0.2, 0.25) is 0 Å². The number of nitrogens with zero attached hydrogens (tertiary/aromatic N) is 4. The molecule has 3 aliphatic heterocycles. The molecule has 1 fully saturated rings. The van der Waals surface area contributed by atoms with Crippen LogP contribution in [0.1, 0.15) is 51.7 Å². The number of anilines is 1. The quantitative estimate of drug-likeness (QED) is 0.505. The Hall–Kier alpha value is -4.20. The van der Waals surface area contributed by atoms with Crippen LogP contribution >= 0.6 is 0 Å². The third-order valence-electron chi connectivity index (χ3n) is 7.18. The van der Waals surface area contributed by atoms with E-state index in [2.05, 4.69) is 65.6 Å². The third-order valence-corrected chi connectivity index (χ3v) is 7.18. The van der Waals surface area contributed by atoms with E-state index in [0.717, 1.165) is 28.3 Å². The van der Waals surface area contributed by atoms with Crippen LogP contribution in [0, 0.1) is 0 Å². The number of para-hydroxylation sites is 1. The Morgan fingerprint density at radius 2 is 1.65 bits per heavy atom. The van der Waals surface area contributed by atoms with Gasteiger partial charge in [0.05, 0.1) is 11.4 Å². The number of hydrogen-bond donors (Lipinski definition) is 1. The summed E-state index contributed by atoms with van der Waals surface area (Å²) < 4.78 is 5.57. The van der Waals surface area contributed by atoms with Crippen molar-refractivity contribution in [1.82, 2.24) is 20.0 Å². The molecule has 3 aliphatic rings. The van der Waals surface area contributed by atoms with Gasteiger partial charge in [-0.1, -0.05) is 62.4 Å². The Morgan fingerprint density at radius 1 is 0.975 bits per heavy atom. The molecule has 0 atom stereocenters. The van der Waals surface area contributed by atoms with Gasteiger partial charge in [-0.25, -0.2) is 9.59 Å². The average Bonchev–Trinajstić information content (AvgIpc) is 2.92. The molecule has 2 aromatic rings. The molecule has 8 nitrogen and oxygen atoms in total. The minimum Gasteiger partial charge on any atom is -0.444 e. The van der Waals surface area contributed by atoms with Crippen LogP contribution in [0.5, 0.6) is 0 Å². The highest BCUT2D eigenvalue weighted by Gasteiger charge is 2.37. The van der Waals surface area contributed by atoms with E-state index in [0.29, 0.717) is 32.7 Å². The molecule has 210 valence electrons. The largest absolute Gasteiger partial charge is 0.444 e. The van der Waals surface area contributed by atoms with Crippen LogP contribution in [-0.2, 0) is 11.3 Å². The number of carbonyl (C=O) groups is 2. The van der Waals surface area contributed by atoms with Gasteiger partial charge >= 0.3 is 12.1 Å². The van der Waals surface area contributed by atoms with Gasteiger partial charge in [-0.15, -0.1) is 0 Å². The maximum absolute atomic E-state index is 13.9. The maximum Gasteiger partial charge on any atom is 0.410 e. The lowest BCUT2D eigenvalue weighted by molar-refractivity contribution is 0.0164. The first-order chi connectivity index (χ1) is 19.1. The molecule has 3 amide bonds. The van der Waals surface area contributed by atoms with Crippen molar-refractivity contribution in [3.8, 4) is 0 Å². The molecule has 0 spiro atoms. The summed E-state index contributed by atoms with van der Waals surface area (Å²) in [6.45, 7) is 12.8. The Balaban J connectivity index is 1.47. The number of nitrogens with one attached hydrogen (secondary N) is 1. The first-order valence-corrected chi connectivity index (χ1v) is 14.0. The standard InChI is InChI=1S/C32H39N5O3/c1-23(2)25-13-9-10-14-27(25)37-28-22-34(21-24-11-7-6-8-12-24)16-15-26(28)29(33-30(37)38)35-17-19-36(20-18-35)31(39)40-32(3,4)5/h6-16,22-23H,17-21H2,1-5H3,(H,33,38). The van der Waals surface area contributed by atoms with Gasteiger partial charge in [0, 0.05) is 50.7 Å². The smallest absolute Gasteiger partial charge is 0.410 e. The summed E-state index contributed by atoms with van der Waals surface area (Å²) in [4.78, 5) is 34.3. The van der Waals surface area contributed by atoms with Crippen LogP contribution in [0.3, 0.4) is 0 Å². The van der Waals surface area contributed by atoms with Crippen molar-refractivity contribution < 1.29 is 14.3 Å². The van der Waals surface area contributed by atoms with Crippen LogP contribution in [0.25, 0.3) is 0 Å². The monoisotopic (exact) mass is 541 g/mol. The maximum atomic E-state index is 13.9. The second kappa shape index (κ2) is 11.1. The lowest BCUT2D eigenvalue weighted by Crippen LogP contribution is -2.55. The van der Waals surface area contributed by atoms with Crippen molar-refractivity contribution >= 4 is 17.8 Å². The van der Waals surface area contributed by atoms with Crippen LogP contribution < -0.4 is 10.2 Å². The van der Waals surface area contributed by atoms with Crippen molar-refractivity contribution in [2.45, 2.75) is 52.7 Å². The summed E-state index contributed by atoms with van der Waals surface area (Å²) in [6, 6.07) is 18.2. The van der Waals surface area contributed by atoms with Gasteiger partial charge in [0.25, 0.3) is 0 Å². The molecule has 40 heavy (non-hydrogen) atoms. The summed E-state index contributed by atoms with van der Waals surface area (Å²) in [6.07, 6.45) is 5.91. The number of urea groups is 1. The molecule has 0 saturated carbocycles. The zero-order valence-corrected chi connectivity index (χ0v) is 24.1. The van der Waals surface area contributed by atoms with Crippen molar-refractivity contribution in [3.63, 3.8) is 0 Å². The average molecular weight is 542 g/mol. The predicted molar refractivity (Wildman–Crippen MR) is 157 cm³/mol. The molecule has 0 bridgehead atoms. The van der Waals surface area contributed by atoms with E-state index < -0.39 is 5.60 Å². The molecular weight excluding hydrogens is 502 g/mol. The zero-order valence-electron chi connectivity index (χ0n) is 24.1. The van der Waals surface area contributed by atoms with Crippen molar-refractivity contribution in [2.24, 2.45) is 0 Å². The van der Waals surface area contributed by atoms with E-state index in [4.69, 9.17) is 4.74 Å². The minimum absolute atomic E-state index is 0.192. The first-order valence-electron chi connectivity index (χ1n) is 14.0. The van der Waals surface area contributed by atoms with Crippen molar-refractivity contribution in [2.75, 3.05) is 31.1 Å². The van der Waals surface area contributed by atoms with E-state index in [1.165, 1.54) is 5.56 Å². The van der Waals surface area contributed by atoms with Crippen molar-refractivity contribution in [1.29, 1.82) is 0 Å². The van der Waals surface area contributed by atoms with Crippen molar-refractivity contribution in [3.05, 3.63) is 101 Å². The van der Waals surface area contributed by atoms with Gasteiger partial charge < -0.3 is 19.4 Å². The minimum atomic E-state index is -0.538. The fourth-order valence-electron chi connectivity index (χ4n) is 5.24. The van der Waals surface area contributed by atoms with Gasteiger partial charge in [-0.2, -0.15) is 0 Å². The van der Waals surface area contributed by atoms with E-state index in [1.807, 2.05) is 57.2 Å². The number of rotatable bonds is 5. The fourth-order valence-corrected chi connectivity index (χ4v) is 5.24. The second-order valence-corrected chi connectivity index (χ2v) is 11.7. The van der Waals surface area contributed by atoms with Crippen LogP contribution in [0.2, 0.25) is 0 Å². The topological polar surface area (TPSA) is 68.4 Å². The number of amides is 3. The second-order valence-electron chi connectivity index (χ2n) is 11.7. The predicted octanol–water partition coefficient (Wildman–Crippen LogP) is 5.97. The Kier molecular flexibility index (Phi) is 7.61. The fraction of sp³-hybridized carbons (Fsp3) is 0.375. The molecule has 0 unspecified atom stereocenters. The van der Waals surface area contributed by atoms with Gasteiger partial charge in [0.15, 0.2) is 0 Å². The summed E-state index contributed by atoms with van der Waals surface area (Å²) >= 11 is 0. The number of fused-ring (bicyclic) bond motifs is 1. The lowest BCUT2D eigenvalue weighted by Gasteiger charge is -2.43. The summed E-state index contributed by atoms with van der Waals surface area (Å²) in [5, 5.41) is 3.19. The third kappa shape index (κ3) is 5.86. The summed E-state index contributed by atoms with van der Waals surface area (Å²) in [7, 11) is 0. The van der Waals surface area contributed by atoms with Gasteiger partial charge in [0.1, 0.15) is 11.4 Å². The van der Waals surface area contributed by atoms with Crippen LogP contribution in [-0.4, -0.2) is 58.6 Å². The lowest BCUT2D eigenvalue weighted by atomic mass is 9.98. The number of allylic oxidation sites excluding steroid dienone is 1. The summed E-state index contributed by atoms with van der Waals surface area (Å²) in [5.74, 6) is 1.02. The highest BCUT2D eigenvalue weighted by molar-refractivity contribution is 6.00. The van der Waals surface area contributed by atoms with E-state index in [1.54, 1.807) is 9.80 Å². The Bertz CT molecular complexity index is 1350. The first kappa shape index (κ1) is 27.4. The van der Waals surface area contributed by atoms with E-state index in [-0.39, 0.29) is 18.0 Å². The Morgan fingerprint density at radius 3 is 2.33 bits per heavy atom. The number of benzene rings is 2. The number of carbonyl (C=O) groups excluding carboxylic acids is 2.